The first-order valence-electron chi connectivity index (χ1n) is 6.82. The fourth-order valence-corrected chi connectivity index (χ4v) is 2.69. The number of carbonyl (C=O) groups excluding carboxylic acids is 1. The first kappa shape index (κ1) is 15.6. The second-order valence-corrected chi connectivity index (χ2v) is 7.58. The van der Waals surface area contributed by atoms with Crippen LogP contribution in [0.2, 0.25) is 0 Å². The Labute approximate surface area is 134 Å². The molecule has 1 fully saturated rings. The van der Waals surface area contributed by atoms with Gasteiger partial charge in [-0.05, 0) is 86.4 Å². The summed E-state index contributed by atoms with van der Waals surface area (Å²) >= 11 is 2.31. The van der Waals surface area contributed by atoms with Gasteiger partial charge in [-0.25, -0.2) is 0 Å². The van der Waals surface area contributed by atoms with Gasteiger partial charge in [-0.1, -0.05) is 0 Å². The zero-order chi connectivity index (χ0) is 15.0. The topological polar surface area (TPSA) is 35.5 Å². The molecule has 0 radical (unpaired) electrons. The van der Waals surface area contributed by atoms with Crippen LogP contribution in [-0.2, 0) is 16.0 Å². The molecule has 2 rings (SSSR count). The summed E-state index contributed by atoms with van der Waals surface area (Å²) in [5.74, 6) is 0.768. The molecule has 0 atom stereocenters. The molecule has 1 aromatic rings. The lowest BCUT2D eigenvalue weighted by atomic mass is 9.96. The predicted molar refractivity (Wildman–Crippen MR) is 86.9 cm³/mol. The lowest BCUT2D eigenvalue weighted by Crippen LogP contribution is -2.31. The van der Waals surface area contributed by atoms with Gasteiger partial charge in [-0.3, -0.25) is 4.79 Å². The molecule has 4 heteroatoms. The first-order valence-corrected chi connectivity index (χ1v) is 7.89. The average molecular weight is 388 g/mol. The molecule has 0 unspecified atom stereocenters. The first-order chi connectivity index (χ1) is 9.26. The van der Waals surface area contributed by atoms with E-state index in [9.17, 15) is 4.79 Å². The van der Waals surface area contributed by atoms with E-state index in [1.54, 1.807) is 7.11 Å². The van der Waals surface area contributed by atoms with Crippen LogP contribution < -0.4 is 4.74 Å². The number of halogens is 1. The van der Waals surface area contributed by atoms with Crippen LogP contribution in [0.15, 0.2) is 18.2 Å². The van der Waals surface area contributed by atoms with Crippen molar-refractivity contribution in [2.45, 2.75) is 45.6 Å². The molecule has 1 aliphatic carbocycles. The predicted octanol–water partition coefficient (Wildman–Crippen LogP) is 3.96. The van der Waals surface area contributed by atoms with E-state index >= 15 is 0 Å². The van der Waals surface area contributed by atoms with Crippen molar-refractivity contribution < 1.29 is 14.3 Å². The molecule has 110 valence electrons. The summed E-state index contributed by atoms with van der Waals surface area (Å²) in [7, 11) is 1.66. The third-order valence-electron chi connectivity index (χ3n) is 3.47. The molecule has 0 aliphatic heterocycles. The van der Waals surface area contributed by atoms with Gasteiger partial charge in [0, 0.05) is 3.57 Å². The molecule has 0 saturated heterocycles. The summed E-state index contributed by atoms with van der Waals surface area (Å²) in [6.45, 7) is 5.74. The fraction of sp³-hybridized carbons (Fsp3) is 0.562. The van der Waals surface area contributed by atoms with Crippen molar-refractivity contribution >= 4 is 28.6 Å². The number of hydrogen-bond donors (Lipinski definition) is 0. The highest BCUT2D eigenvalue weighted by atomic mass is 127. The lowest BCUT2D eigenvalue weighted by Gasteiger charge is -2.24. The van der Waals surface area contributed by atoms with Gasteiger partial charge in [0.05, 0.1) is 12.5 Å². The van der Waals surface area contributed by atoms with Crippen molar-refractivity contribution in [1.82, 2.24) is 0 Å². The van der Waals surface area contributed by atoms with E-state index in [1.165, 1.54) is 3.57 Å². The Morgan fingerprint density at radius 2 is 2.00 bits per heavy atom. The van der Waals surface area contributed by atoms with Crippen molar-refractivity contribution in [3.63, 3.8) is 0 Å². The van der Waals surface area contributed by atoms with Crippen LogP contribution in [0.3, 0.4) is 0 Å². The van der Waals surface area contributed by atoms with E-state index in [4.69, 9.17) is 9.47 Å². The van der Waals surface area contributed by atoms with Crippen LogP contribution in [0.4, 0.5) is 0 Å². The summed E-state index contributed by atoms with van der Waals surface area (Å²) in [5, 5.41) is 0. The Kier molecular flexibility index (Phi) is 4.33. The molecule has 0 N–H and O–H groups in total. The van der Waals surface area contributed by atoms with Crippen LogP contribution in [0.5, 0.6) is 5.75 Å². The van der Waals surface area contributed by atoms with E-state index in [-0.39, 0.29) is 11.4 Å². The van der Waals surface area contributed by atoms with E-state index < -0.39 is 5.60 Å². The Bertz CT molecular complexity index is 513. The van der Waals surface area contributed by atoms with Gasteiger partial charge < -0.3 is 9.47 Å². The van der Waals surface area contributed by atoms with Gasteiger partial charge in [0.2, 0.25) is 0 Å². The summed E-state index contributed by atoms with van der Waals surface area (Å²) in [5.41, 5.74) is 0.418. The van der Waals surface area contributed by atoms with Crippen molar-refractivity contribution in [1.29, 1.82) is 0 Å². The molecule has 20 heavy (non-hydrogen) atoms. The quantitative estimate of drug-likeness (QED) is 0.579. The van der Waals surface area contributed by atoms with E-state index in [1.807, 2.05) is 39.0 Å². The highest BCUT2D eigenvalue weighted by molar-refractivity contribution is 14.1. The maximum absolute atomic E-state index is 12.4. The van der Waals surface area contributed by atoms with E-state index in [2.05, 4.69) is 22.6 Å². The van der Waals surface area contributed by atoms with Crippen LogP contribution in [-0.4, -0.2) is 18.7 Å². The maximum atomic E-state index is 12.4. The zero-order valence-corrected chi connectivity index (χ0v) is 14.6. The molecular formula is C16H21IO3. The number of carbonyl (C=O) groups is 1. The normalized spacial score (nSPS) is 16.6. The Balaban J connectivity index is 2.15. The number of esters is 1. The van der Waals surface area contributed by atoms with Crippen molar-refractivity contribution in [3.05, 3.63) is 27.3 Å². The second kappa shape index (κ2) is 5.54. The molecule has 0 heterocycles. The molecule has 1 aliphatic rings. The van der Waals surface area contributed by atoms with Crippen molar-refractivity contribution in [3.8, 4) is 5.75 Å². The summed E-state index contributed by atoms with van der Waals surface area (Å²) in [6.07, 6.45) is 2.56. The lowest BCUT2D eigenvalue weighted by molar-refractivity contribution is -0.161. The maximum Gasteiger partial charge on any atom is 0.312 e. The van der Waals surface area contributed by atoms with Crippen LogP contribution in [0.25, 0.3) is 0 Å². The molecular weight excluding hydrogens is 367 g/mol. The minimum absolute atomic E-state index is 0.0661. The second-order valence-electron chi connectivity index (χ2n) is 6.42. The fourth-order valence-electron chi connectivity index (χ4n) is 2.17. The molecule has 0 aromatic heterocycles. The van der Waals surface area contributed by atoms with E-state index in [0.717, 1.165) is 30.6 Å². The van der Waals surface area contributed by atoms with Crippen LogP contribution in [0.1, 0.15) is 39.2 Å². The third kappa shape index (κ3) is 3.65. The number of methoxy groups -OCH3 is 1. The van der Waals surface area contributed by atoms with Crippen molar-refractivity contribution in [2.75, 3.05) is 7.11 Å². The molecule has 0 spiro atoms. The Hall–Kier alpha value is -0.780. The Morgan fingerprint density at radius 3 is 2.50 bits per heavy atom. The Morgan fingerprint density at radius 1 is 1.35 bits per heavy atom. The van der Waals surface area contributed by atoms with Crippen LogP contribution in [0, 0.1) is 8.99 Å². The third-order valence-corrected chi connectivity index (χ3v) is 4.52. The van der Waals surface area contributed by atoms with Gasteiger partial charge in [0.15, 0.2) is 0 Å². The molecule has 0 amide bonds. The van der Waals surface area contributed by atoms with Crippen molar-refractivity contribution in [2.24, 2.45) is 5.41 Å². The molecule has 1 aromatic carbocycles. The molecule has 1 saturated carbocycles. The van der Waals surface area contributed by atoms with Crippen LogP contribution >= 0.6 is 22.6 Å². The number of hydrogen-bond acceptors (Lipinski definition) is 3. The minimum atomic E-state index is -0.422. The summed E-state index contributed by atoms with van der Waals surface area (Å²) in [6, 6.07) is 5.99. The minimum Gasteiger partial charge on any atom is -0.497 e. The SMILES string of the molecule is COc1ccc(I)c(CC2(C(=O)OC(C)(C)C)CC2)c1. The average Bonchev–Trinajstić information content (AvgIpc) is 3.11. The van der Waals surface area contributed by atoms with Gasteiger partial charge in [0.1, 0.15) is 11.4 Å². The van der Waals surface area contributed by atoms with Gasteiger partial charge in [-0.15, -0.1) is 0 Å². The largest absolute Gasteiger partial charge is 0.497 e. The standard InChI is InChI=1S/C16H21IO3/c1-15(2,3)20-14(18)16(7-8-16)10-11-9-12(19-4)5-6-13(11)17/h5-6,9H,7-8,10H2,1-4H3. The number of ether oxygens (including phenoxy) is 2. The molecule has 0 bridgehead atoms. The molecule has 3 nitrogen and oxygen atoms in total. The highest BCUT2D eigenvalue weighted by Gasteiger charge is 2.52. The number of rotatable bonds is 4. The highest BCUT2D eigenvalue weighted by Crippen LogP contribution is 2.50. The summed E-state index contributed by atoms with van der Waals surface area (Å²) in [4.78, 5) is 12.4. The smallest absolute Gasteiger partial charge is 0.312 e. The number of benzene rings is 1. The van der Waals surface area contributed by atoms with Gasteiger partial charge in [-0.2, -0.15) is 0 Å². The monoisotopic (exact) mass is 388 g/mol. The van der Waals surface area contributed by atoms with E-state index in [0.29, 0.717) is 0 Å². The zero-order valence-electron chi connectivity index (χ0n) is 12.5. The van der Waals surface area contributed by atoms with Gasteiger partial charge >= 0.3 is 5.97 Å². The summed E-state index contributed by atoms with van der Waals surface area (Å²) < 4.78 is 12.0. The van der Waals surface area contributed by atoms with Gasteiger partial charge in [0.25, 0.3) is 0 Å².